The second-order valence-electron chi connectivity index (χ2n) is 4.57. The van der Waals surface area contributed by atoms with Crippen molar-refractivity contribution in [3.63, 3.8) is 0 Å². The number of hydrogen-bond acceptors (Lipinski definition) is 1. The zero-order valence-corrected chi connectivity index (χ0v) is 11.2. The van der Waals surface area contributed by atoms with Gasteiger partial charge in [0.15, 0.2) is 17.5 Å². The Morgan fingerprint density at radius 1 is 0.952 bits per heavy atom. The number of rotatable bonds is 5. The molecule has 0 fully saturated rings. The first-order valence-corrected chi connectivity index (χ1v) is 6.55. The molecule has 110 valence electrons. The molecule has 1 amide bonds. The van der Waals surface area contributed by atoms with Gasteiger partial charge in [-0.15, -0.1) is 0 Å². The molecular formula is C16H14F3NO. The third kappa shape index (κ3) is 3.84. The zero-order valence-electron chi connectivity index (χ0n) is 11.2. The van der Waals surface area contributed by atoms with E-state index >= 15 is 0 Å². The monoisotopic (exact) mass is 293 g/mol. The van der Waals surface area contributed by atoms with Gasteiger partial charge in [0.05, 0.1) is 5.56 Å². The Kier molecular flexibility index (Phi) is 4.98. The fraction of sp³-hybridized carbons (Fsp3) is 0.188. The molecule has 0 bridgehead atoms. The van der Waals surface area contributed by atoms with Gasteiger partial charge in [0, 0.05) is 6.54 Å². The number of carbonyl (C=O) groups excluding carboxylic acids is 1. The van der Waals surface area contributed by atoms with Gasteiger partial charge in [0.1, 0.15) is 0 Å². The lowest BCUT2D eigenvalue weighted by atomic mass is 10.1. The SMILES string of the molecule is O=C(NCCCc1ccccc1)c1ccc(F)c(F)c1F. The lowest BCUT2D eigenvalue weighted by Gasteiger charge is -2.07. The second-order valence-corrected chi connectivity index (χ2v) is 4.57. The van der Waals surface area contributed by atoms with Gasteiger partial charge < -0.3 is 5.32 Å². The Bertz CT molecular complexity index is 629. The van der Waals surface area contributed by atoms with E-state index < -0.39 is 28.9 Å². The Hall–Kier alpha value is -2.30. The number of carbonyl (C=O) groups is 1. The lowest BCUT2D eigenvalue weighted by Crippen LogP contribution is -2.26. The average Bonchev–Trinajstić information content (AvgIpc) is 2.50. The fourth-order valence-electron chi connectivity index (χ4n) is 1.94. The van der Waals surface area contributed by atoms with Crippen LogP contribution in [0.15, 0.2) is 42.5 Å². The zero-order chi connectivity index (χ0) is 15.2. The highest BCUT2D eigenvalue weighted by atomic mass is 19.2. The molecule has 0 unspecified atom stereocenters. The van der Waals surface area contributed by atoms with Crippen molar-refractivity contribution >= 4 is 5.91 Å². The van der Waals surface area contributed by atoms with Crippen molar-refractivity contribution in [3.8, 4) is 0 Å². The third-order valence-corrected chi connectivity index (χ3v) is 3.05. The summed E-state index contributed by atoms with van der Waals surface area (Å²) in [4.78, 5) is 11.7. The Labute approximate surface area is 120 Å². The summed E-state index contributed by atoms with van der Waals surface area (Å²) < 4.78 is 39.2. The van der Waals surface area contributed by atoms with E-state index in [1.165, 1.54) is 0 Å². The maximum absolute atomic E-state index is 13.4. The van der Waals surface area contributed by atoms with Crippen molar-refractivity contribution in [2.45, 2.75) is 12.8 Å². The van der Waals surface area contributed by atoms with Crippen LogP contribution >= 0.6 is 0 Å². The Morgan fingerprint density at radius 2 is 1.67 bits per heavy atom. The maximum Gasteiger partial charge on any atom is 0.254 e. The molecule has 0 saturated carbocycles. The summed E-state index contributed by atoms with van der Waals surface area (Å²) in [7, 11) is 0. The molecule has 2 aromatic carbocycles. The number of aryl methyl sites for hydroxylation is 1. The van der Waals surface area contributed by atoms with Crippen LogP contribution in [-0.2, 0) is 6.42 Å². The molecule has 5 heteroatoms. The van der Waals surface area contributed by atoms with E-state index in [0.29, 0.717) is 13.0 Å². The molecule has 0 aliphatic heterocycles. The van der Waals surface area contributed by atoms with E-state index in [2.05, 4.69) is 5.32 Å². The molecule has 2 nitrogen and oxygen atoms in total. The average molecular weight is 293 g/mol. The van der Waals surface area contributed by atoms with Gasteiger partial charge in [-0.05, 0) is 30.5 Å². The van der Waals surface area contributed by atoms with Crippen LogP contribution in [0, 0.1) is 17.5 Å². The molecule has 1 N–H and O–H groups in total. The molecule has 21 heavy (non-hydrogen) atoms. The molecule has 2 rings (SSSR count). The first-order valence-electron chi connectivity index (χ1n) is 6.55. The minimum absolute atomic E-state index is 0.326. The predicted molar refractivity (Wildman–Crippen MR) is 73.4 cm³/mol. The third-order valence-electron chi connectivity index (χ3n) is 3.05. The molecule has 0 atom stereocenters. The summed E-state index contributed by atoms with van der Waals surface area (Å²) in [5.74, 6) is -5.16. The van der Waals surface area contributed by atoms with Gasteiger partial charge in [0.2, 0.25) is 0 Å². The fourth-order valence-corrected chi connectivity index (χ4v) is 1.94. The maximum atomic E-state index is 13.4. The topological polar surface area (TPSA) is 29.1 Å². The molecule has 0 spiro atoms. The number of hydrogen-bond donors (Lipinski definition) is 1. The van der Waals surface area contributed by atoms with Crippen LogP contribution in [0.3, 0.4) is 0 Å². The minimum atomic E-state index is -1.63. The standard InChI is InChI=1S/C16H14F3NO/c17-13-9-8-12(14(18)15(13)19)16(21)20-10-4-7-11-5-2-1-3-6-11/h1-3,5-6,8-9H,4,7,10H2,(H,20,21). The summed E-state index contributed by atoms with van der Waals surface area (Å²) >= 11 is 0. The number of halogens is 3. The van der Waals surface area contributed by atoms with Gasteiger partial charge in [-0.1, -0.05) is 30.3 Å². The normalized spacial score (nSPS) is 10.4. The van der Waals surface area contributed by atoms with E-state index in [4.69, 9.17) is 0 Å². The second kappa shape index (κ2) is 6.92. The lowest BCUT2D eigenvalue weighted by molar-refractivity contribution is 0.0948. The van der Waals surface area contributed by atoms with E-state index in [1.54, 1.807) is 0 Å². The van der Waals surface area contributed by atoms with Gasteiger partial charge in [-0.25, -0.2) is 13.2 Å². The Balaban J connectivity index is 1.87. The van der Waals surface area contributed by atoms with Crippen LogP contribution < -0.4 is 5.32 Å². The predicted octanol–water partition coefficient (Wildman–Crippen LogP) is 3.47. The largest absolute Gasteiger partial charge is 0.352 e. The highest BCUT2D eigenvalue weighted by molar-refractivity contribution is 5.94. The van der Waals surface area contributed by atoms with Crippen LogP contribution in [0.25, 0.3) is 0 Å². The highest BCUT2D eigenvalue weighted by Crippen LogP contribution is 2.15. The smallest absolute Gasteiger partial charge is 0.254 e. The number of nitrogens with one attached hydrogen (secondary N) is 1. The quantitative estimate of drug-likeness (QED) is 0.664. The molecule has 0 aliphatic carbocycles. The highest BCUT2D eigenvalue weighted by Gasteiger charge is 2.18. The van der Waals surface area contributed by atoms with Crippen LogP contribution in [0.4, 0.5) is 13.2 Å². The molecular weight excluding hydrogens is 279 g/mol. The van der Waals surface area contributed by atoms with Crippen molar-refractivity contribution in [1.82, 2.24) is 5.32 Å². The molecule has 0 aliphatic rings. The van der Waals surface area contributed by atoms with Gasteiger partial charge >= 0.3 is 0 Å². The van der Waals surface area contributed by atoms with Gasteiger partial charge in [0.25, 0.3) is 5.91 Å². The summed E-state index contributed by atoms with van der Waals surface area (Å²) in [5, 5.41) is 2.49. The summed E-state index contributed by atoms with van der Waals surface area (Å²) in [6, 6.07) is 11.4. The van der Waals surface area contributed by atoms with E-state index in [0.717, 1.165) is 24.1 Å². The first-order chi connectivity index (χ1) is 10.1. The van der Waals surface area contributed by atoms with Crippen LogP contribution in [-0.4, -0.2) is 12.5 Å². The van der Waals surface area contributed by atoms with Crippen molar-refractivity contribution in [2.75, 3.05) is 6.54 Å². The van der Waals surface area contributed by atoms with Crippen molar-refractivity contribution in [1.29, 1.82) is 0 Å². The summed E-state index contributed by atoms with van der Waals surface area (Å²) in [6.07, 6.45) is 1.43. The van der Waals surface area contributed by atoms with E-state index in [1.807, 2.05) is 30.3 Å². The van der Waals surface area contributed by atoms with Crippen molar-refractivity contribution < 1.29 is 18.0 Å². The van der Waals surface area contributed by atoms with E-state index in [9.17, 15) is 18.0 Å². The molecule has 0 heterocycles. The van der Waals surface area contributed by atoms with E-state index in [-0.39, 0.29) is 0 Å². The summed E-state index contributed by atoms with van der Waals surface area (Å²) in [6.45, 7) is 0.326. The Morgan fingerprint density at radius 3 is 2.38 bits per heavy atom. The summed E-state index contributed by atoms with van der Waals surface area (Å²) in [5.41, 5.74) is 0.638. The molecule has 0 aromatic heterocycles. The van der Waals surface area contributed by atoms with Crippen LogP contribution in [0.5, 0.6) is 0 Å². The van der Waals surface area contributed by atoms with Crippen LogP contribution in [0.2, 0.25) is 0 Å². The van der Waals surface area contributed by atoms with Crippen LogP contribution in [0.1, 0.15) is 22.3 Å². The minimum Gasteiger partial charge on any atom is -0.352 e. The van der Waals surface area contributed by atoms with Crippen molar-refractivity contribution in [2.24, 2.45) is 0 Å². The number of amides is 1. The number of benzene rings is 2. The molecule has 0 saturated heterocycles. The molecule has 2 aromatic rings. The van der Waals surface area contributed by atoms with Crippen molar-refractivity contribution in [3.05, 3.63) is 71.0 Å². The van der Waals surface area contributed by atoms with Gasteiger partial charge in [-0.3, -0.25) is 4.79 Å². The molecule has 0 radical (unpaired) electrons. The first kappa shape index (κ1) is 15.1. The van der Waals surface area contributed by atoms with Gasteiger partial charge in [-0.2, -0.15) is 0 Å².